The van der Waals surface area contributed by atoms with Gasteiger partial charge < -0.3 is 9.64 Å². The zero-order chi connectivity index (χ0) is 20.3. The summed E-state index contributed by atoms with van der Waals surface area (Å²) in [6, 6.07) is 13.2. The smallest absolute Gasteiger partial charge is 0.254 e. The van der Waals surface area contributed by atoms with Gasteiger partial charge in [0.05, 0.1) is 35.6 Å². The maximum absolute atomic E-state index is 13.1. The van der Waals surface area contributed by atoms with E-state index in [1.807, 2.05) is 56.4 Å². The maximum atomic E-state index is 13.1. The summed E-state index contributed by atoms with van der Waals surface area (Å²) in [7, 11) is 3.46. The Morgan fingerprint density at radius 2 is 1.68 bits per heavy atom. The number of methoxy groups -OCH3 is 1. The third-order valence-electron chi connectivity index (χ3n) is 5.23. The first-order chi connectivity index (χ1) is 13.5. The molecular formula is C23H27N3O2. The molecule has 0 saturated heterocycles. The average molecular weight is 377 g/mol. The van der Waals surface area contributed by atoms with E-state index in [1.54, 1.807) is 12.0 Å². The van der Waals surface area contributed by atoms with Crippen LogP contribution >= 0.6 is 0 Å². The molecule has 146 valence electrons. The zero-order valence-electron chi connectivity index (χ0n) is 17.2. The Bertz CT molecular complexity index is 1000. The number of aromatic nitrogens is 2. The number of hydrogen-bond acceptors (Lipinski definition) is 4. The number of benzene rings is 2. The van der Waals surface area contributed by atoms with Crippen molar-refractivity contribution in [2.45, 2.75) is 39.7 Å². The van der Waals surface area contributed by atoms with Crippen molar-refractivity contribution in [3.63, 3.8) is 0 Å². The molecule has 0 radical (unpaired) electrons. The first kappa shape index (κ1) is 19.8. The maximum Gasteiger partial charge on any atom is 0.254 e. The molecule has 5 nitrogen and oxygen atoms in total. The summed E-state index contributed by atoms with van der Waals surface area (Å²) in [6.45, 7) is 6.16. The fraction of sp³-hybridized carbons (Fsp3) is 0.348. The number of fused-ring (bicyclic) bond motifs is 1. The summed E-state index contributed by atoms with van der Waals surface area (Å²) < 4.78 is 5.45. The van der Waals surface area contributed by atoms with Crippen LogP contribution in [-0.2, 0) is 12.8 Å². The molecule has 0 bridgehead atoms. The van der Waals surface area contributed by atoms with Gasteiger partial charge in [0.2, 0.25) is 0 Å². The van der Waals surface area contributed by atoms with Crippen molar-refractivity contribution >= 4 is 16.9 Å². The van der Waals surface area contributed by atoms with Crippen molar-refractivity contribution in [3.8, 4) is 5.75 Å². The Kier molecular flexibility index (Phi) is 5.93. The third kappa shape index (κ3) is 3.70. The predicted octanol–water partition coefficient (Wildman–Crippen LogP) is 4.60. The molecular weight excluding hydrogens is 350 g/mol. The lowest BCUT2D eigenvalue weighted by atomic mass is 10.0. The predicted molar refractivity (Wildman–Crippen MR) is 112 cm³/mol. The molecule has 1 atom stereocenters. The molecule has 0 aliphatic carbocycles. The lowest BCUT2D eigenvalue weighted by Gasteiger charge is -2.26. The highest BCUT2D eigenvalue weighted by Gasteiger charge is 2.22. The van der Waals surface area contributed by atoms with Crippen molar-refractivity contribution in [3.05, 3.63) is 65.0 Å². The van der Waals surface area contributed by atoms with Gasteiger partial charge in [-0.2, -0.15) is 0 Å². The van der Waals surface area contributed by atoms with E-state index in [1.165, 1.54) is 0 Å². The van der Waals surface area contributed by atoms with Gasteiger partial charge in [0.25, 0.3) is 5.91 Å². The Labute approximate surface area is 166 Å². The first-order valence-corrected chi connectivity index (χ1v) is 9.69. The number of rotatable bonds is 6. The van der Waals surface area contributed by atoms with Gasteiger partial charge in [-0.1, -0.05) is 32.0 Å². The first-order valence-electron chi connectivity index (χ1n) is 9.69. The topological polar surface area (TPSA) is 55.3 Å². The van der Waals surface area contributed by atoms with Crippen LogP contribution < -0.4 is 4.74 Å². The molecule has 2 aromatic carbocycles. The summed E-state index contributed by atoms with van der Waals surface area (Å²) in [4.78, 5) is 24.3. The zero-order valence-corrected chi connectivity index (χ0v) is 17.2. The van der Waals surface area contributed by atoms with E-state index < -0.39 is 0 Å². The van der Waals surface area contributed by atoms with E-state index in [-0.39, 0.29) is 11.9 Å². The lowest BCUT2D eigenvalue weighted by molar-refractivity contribution is 0.0741. The Balaban J connectivity index is 1.93. The number of carbonyl (C=O) groups is 1. The van der Waals surface area contributed by atoms with Crippen LogP contribution in [0.3, 0.4) is 0 Å². The van der Waals surface area contributed by atoms with E-state index in [4.69, 9.17) is 14.7 Å². The van der Waals surface area contributed by atoms with Crippen molar-refractivity contribution < 1.29 is 9.53 Å². The molecule has 0 N–H and O–H groups in total. The number of nitrogens with zero attached hydrogens (tertiary/aromatic N) is 3. The highest BCUT2D eigenvalue weighted by Crippen LogP contribution is 2.29. The van der Waals surface area contributed by atoms with E-state index in [0.717, 1.165) is 46.6 Å². The van der Waals surface area contributed by atoms with Gasteiger partial charge in [0, 0.05) is 18.2 Å². The van der Waals surface area contributed by atoms with Gasteiger partial charge in [-0.15, -0.1) is 0 Å². The molecule has 3 rings (SSSR count). The van der Waals surface area contributed by atoms with Gasteiger partial charge in [0.15, 0.2) is 0 Å². The van der Waals surface area contributed by atoms with Crippen LogP contribution in [0.1, 0.15) is 54.1 Å². The highest BCUT2D eigenvalue weighted by atomic mass is 16.5. The van der Waals surface area contributed by atoms with Crippen LogP contribution in [0.25, 0.3) is 11.0 Å². The largest absolute Gasteiger partial charge is 0.496 e. The summed E-state index contributed by atoms with van der Waals surface area (Å²) in [6.07, 6.45) is 1.68. The van der Waals surface area contributed by atoms with E-state index in [2.05, 4.69) is 13.8 Å². The second kappa shape index (κ2) is 8.38. The number of para-hydroxylation sites is 1. The molecule has 1 aromatic heterocycles. The van der Waals surface area contributed by atoms with Gasteiger partial charge >= 0.3 is 0 Å². The highest BCUT2D eigenvalue weighted by molar-refractivity contribution is 5.97. The van der Waals surface area contributed by atoms with Crippen LogP contribution in [0.15, 0.2) is 42.5 Å². The summed E-state index contributed by atoms with van der Waals surface area (Å²) in [5.74, 6) is 0.721. The fourth-order valence-electron chi connectivity index (χ4n) is 3.43. The van der Waals surface area contributed by atoms with Crippen LogP contribution in [0, 0.1) is 0 Å². The second-order valence-corrected chi connectivity index (χ2v) is 6.86. The Morgan fingerprint density at radius 1 is 1.04 bits per heavy atom. The third-order valence-corrected chi connectivity index (χ3v) is 5.23. The van der Waals surface area contributed by atoms with Crippen LogP contribution in [0.2, 0.25) is 0 Å². The van der Waals surface area contributed by atoms with Crippen molar-refractivity contribution in [2.24, 2.45) is 0 Å². The molecule has 0 spiro atoms. The number of aryl methyl sites for hydroxylation is 2. The minimum Gasteiger partial charge on any atom is -0.496 e. The summed E-state index contributed by atoms with van der Waals surface area (Å²) in [5.41, 5.74) is 5.19. The molecule has 0 saturated carbocycles. The van der Waals surface area contributed by atoms with Crippen molar-refractivity contribution in [1.82, 2.24) is 14.9 Å². The lowest BCUT2D eigenvalue weighted by Crippen LogP contribution is -2.29. The number of hydrogen-bond donors (Lipinski definition) is 0. The molecule has 28 heavy (non-hydrogen) atoms. The second-order valence-electron chi connectivity index (χ2n) is 6.86. The Morgan fingerprint density at radius 3 is 2.32 bits per heavy atom. The summed E-state index contributed by atoms with van der Waals surface area (Å²) in [5, 5.41) is 0. The van der Waals surface area contributed by atoms with E-state index in [0.29, 0.717) is 5.56 Å². The van der Waals surface area contributed by atoms with Crippen LogP contribution in [0.5, 0.6) is 5.75 Å². The molecule has 1 amide bonds. The fourth-order valence-corrected chi connectivity index (χ4v) is 3.43. The van der Waals surface area contributed by atoms with E-state index >= 15 is 0 Å². The number of amides is 1. The molecule has 5 heteroatoms. The van der Waals surface area contributed by atoms with Crippen LogP contribution in [-0.4, -0.2) is 34.9 Å². The van der Waals surface area contributed by atoms with Gasteiger partial charge in [0.1, 0.15) is 5.75 Å². The number of carbonyl (C=O) groups excluding carboxylic acids is 1. The monoisotopic (exact) mass is 377 g/mol. The molecule has 1 heterocycles. The van der Waals surface area contributed by atoms with Gasteiger partial charge in [-0.05, 0) is 44.0 Å². The van der Waals surface area contributed by atoms with Gasteiger partial charge in [-0.3, -0.25) is 4.79 Å². The SMILES string of the molecule is CCc1nc2ccc(C(=O)N(C)C(C)c3ccccc3OC)cc2nc1CC. The molecule has 0 fully saturated rings. The van der Waals surface area contributed by atoms with Crippen LogP contribution in [0.4, 0.5) is 0 Å². The minimum atomic E-state index is -0.126. The molecule has 0 aliphatic heterocycles. The summed E-state index contributed by atoms with van der Waals surface area (Å²) >= 11 is 0. The molecule has 1 unspecified atom stereocenters. The van der Waals surface area contributed by atoms with E-state index in [9.17, 15) is 4.79 Å². The van der Waals surface area contributed by atoms with Crippen molar-refractivity contribution in [2.75, 3.05) is 14.2 Å². The minimum absolute atomic E-state index is 0.0558. The van der Waals surface area contributed by atoms with Crippen molar-refractivity contribution in [1.29, 1.82) is 0 Å². The standard InChI is InChI=1S/C23H27N3O2/c1-6-18-19(7-2)25-21-14-16(12-13-20(21)24-18)23(27)26(4)15(3)17-10-8-9-11-22(17)28-5/h8-15H,6-7H2,1-5H3. The average Bonchev–Trinajstić information content (AvgIpc) is 2.75. The van der Waals surface area contributed by atoms with Gasteiger partial charge in [-0.25, -0.2) is 9.97 Å². The molecule has 3 aromatic rings. The number of ether oxygens (including phenoxy) is 1. The normalized spacial score (nSPS) is 12.0. The Hall–Kier alpha value is -2.95. The molecule has 0 aliphatic rings. The quantitative estimate of drug-likeness (QED) is 0.630.